The predicted molar refractivity (Wildman–Crippen MR) is 160 cm³/mol. The number of aromatic nitrogens is 3. The van der Waals surface area contributed by atoms with Crippen LogP contribution in [0.5, 0.6) is 5.88 Å². The molecule has 0 amide bonds. The van der Waals surface area contributed by atoms with E-state index in [-0.39, 0.29) is 18.4 Å². The second-order valence-corrected chi connectivity index (χ2v) is 11.3. The number of likely N-dealkylation sites (N-methyl/N-ethyl adjacent to an activating group) is 1. The van der Waals surface area contributed by atoms with Crippen molar-refractivity contribution in [2.45, 2.75) is 70.5 Å². The summed E-state index contributed by atoms with van der Waals surface area (Å²) in [7, 11) is 2.38. The molecule has 2 atom stereocenters. The van der Waals surface area contributed by atoms with Gasteiger partial charge in [-0.2, -0.15) is 0 Å². The summed E-state index contributed by atoms with van der Waals surface area (Å²) in [5.41, 5.74) is 4.41. The highest BCUT2D eigenvalue weighted by atomic mass is 32.2. The number of nitrogens with zero attached hydrogens (tertiary/aromatic N) is 6. The van der Waals surface area contributed by atoms with Gasteiger partial charge in [-0.1, -0.05) is 19.6 Å². The summed E-state index contributed by atoms with van der Waals surface area (Å²) in [5.74, 6) is 1.53. The molecule has 1 fully saturated rings. The highest BCUT2D eigenvalue weighted by molar-refractivity contribution is 7.84. The Bertz CT molecular complexity index is 1340. The third-order valence-electron chi connectivity index (χ3n) is 6.73. The Morgan fingerprint density at radius 1 is 1.30 bits per heavy atom. The van der Waals surface area contributed by atoms with E-state index in [1.165, 1.54) is 6.33 Å². The predicted octanol–water partition coefficient (Wildman–Crippen LogP) is 4.28. The van der Waals surface area contributed by atoms with E-state index in [1.54, 1.807) is 31.7 Å². The summed E-state index contributed by atoms with van der Waals surface area (Å²) in [6.07, 6.45) is 8.37. The maximum Gasteiger partial charge on any atom is 0.226 e. The number of carbonyl (C=O) groups is 1. The molecule has 2 aromatic heterocycles. The molecule has 40 heavy (non-hydrogen) atoms. The lowest BCUT2D eigenvalue weighted by atomic mass is 10.1. The highest BCUT2D eigenvalue weighted by Gasteiger charge is 2.31. The minimum Gasteiger partial charge on any atom is -0.480 e. The minimum absolute atomic E-state index is 0.143. The number of aldehydes is 1. The third kappa shape index (κ3) is 7.68. The first-order valence-electron chi connectivity index (χ1n) is 13.2. The van der Waals surface area contributed by atoms with Crippen LogP contribution in [0, 0.1) is 0 Å². The molecule has 3 rings (SSSR count). The van der Waals surface area contributed by atoms with Crippen LogP contribution in [-0.4, -0.2) is 68.5 Å². The minimum atomic E-state index is -1.16. The fourth-order valence-corrected chi connectivity index (χ4v) is 4.40. The van der Waals surface area contributed by atoms with Crippen LogP contribution in [0.3, 0.4) is 0 Å². The third-order valence-corrected chi connectivity index (χ3v) is 7.56. The number of pyridine rings is 1. The fraction of sp³-hybridized carbons (Fsp3) is 0.448. The molecule has 10 nitrogen and oxygen atoms in total. The monoisotopic (exact) mass is 565 g/mol. The van der Waals surface area contributed by atoms with E-state index in [1.807, 2.05) is 20.9 Å². The van der Waals surface area contributed by atoms with Gasteiger partial charge in [0.15, 0.2) is 18.0 Å². The smallest absolute Gasteiger partial charge is 0.226 e. The van der Waals surface area contributed by atoms with E-state index in [2.05, 4.69) is 50.6 Å². The number of carbonyl (C=O) groups excluding carboxylic acids is 1. The van der Waals surface area contributed by atoms with Gasteiger partial charge in [-0.25, -0.2) is 19.9 Å². The standard InChI is InChI=1S/C29H39N7O3S/c1-9-19(4)36(6)28(34-20(5)25-27(22-11-12-22)32-17-33-29(25)39-7)26(18(2)3)35-23(16-37)30-14-21-10-13-24(31-15-21)40(8)38/h10,13,15-17,19,22H,5,9,11-12,14H2,1-4,6-8H3,(H,30,35)/t19-,40?/m0/s1. The van der Waals surface area contributed by atoms with Crippen molar-refractivity contribution in [2.75, 3.05) is 20.4 Å². The average Bonchev–Trinajstić information content (AvgIpc) is 3.80. The van der Waals surface area contributed by atoms with Crippen molar-refractivity contribution in [3.8, 4) is 5.88 Å². The number of methoxy groups -OCH3 is 1. The molecule has 1 N–H and O–H groups in total. The van der Waals surface area contributed by atoms with Gasteiger partial charge in [0, 0.05) is 31.5 Å². The second kappa shape index (κ2) is 14.1. The molecule has 214 valence electrons. The number of allylic oxidation sites excluding steroid dienone is 1. The summed E-state index contributed by atoms with van der Waals surface area (Å²) in [4.78, 5) is 36.7. The van der Waals surface area contributed by atoms with Crippen molar-refractivity contribution in [3.05, 3.63) is 59.3 Å². The Morgan fingerprint density at radius 2 is 2.02 bits per heavy atom. The number of ether oxygens (including phenoxy) is 1. The van der Waals surface area contributed by atoms with Crippen LogP contribution >= 0.6 is 0 Å². The van der Waals surface area contributed by atoms with Crippen LogP contribution < -0.4 is 10.1 Å². The average molecular weight is 566 g/mol. The van der Waals surface area contributed by atoms with Gasteiger partial charge in [0.2, 0.25) is 5.88 Å². The van der Waals surface area contributed by atoms with Crippen molar-refractivity contribution >= 4 is 34.5 Å². The topological polar surface area (TPSA) is 122 Å². The first-order chi connectivity index (χ1) is 19.1. The largest absolute Gasteiger partial charge is 0.480 e. The first-order valence-corrected chi connectivity index (χ1v) is 14.8. The number of nitrogens with one attached hydrogen (secondary N) is 1. The lowest BCUT2D eigenvalue weighted by Crippen LogP contribution is -2.41. The van der Waals surface area contributed by atoms with Crippen LogP contribution in [0.25, 0.3) is 5.70 Å². The lowest BCUT2D eigenvalue weighted by molar-refractivity contribution is -0.102. The number of amidine groups is 2. The molecular weight excluding hydrogens is 526 g/mol. The number of hydrogen-bond donors (Lipinski definition) is 1. The highest BCUT2D eigenvalue weighted by Crippen LogP contribution is 2.44. The molecule has 11 heteroatoms. The lowest BCUT2D eigenvalue weighted by Gasteiger charge is -2.30. The Kier molecular flexibility index (Phi) is 10.8. The van der Waals surface area contributed by atoms with Crippen LogP contribution in [0.15, 0.2) is 57.5 Å². The second-order valence-electron chi connectivity index (χ2n) is 9.95. The number of hydrogen-bond acceptors (Lipinski definition) is 8. The van der Waals surface area contributed by atoms with Crippen LogP contribution in [-0.2, 0) is 22.1 Å². The molecule has 0 bridgehead atoms. The summed E-state index contributed by atoms with van der Waals surface area (Å²) in [6, 6.07) is 3.65. The molecule has 1 saturated carbocycles. The van der Waals surface area contributed by atoms with Gasteiger partial charge in [-0.3, -0.25) is 14.0 Å². The van der Waals surface area contributed by atoms with Crippen LogP contribution in [0.1, 0.15) is 69.7 Å². The summed E-state index contributed by atoms with van der Waals surface area (Å²) in [6.45, 7) is 12.6. The molecule has 1 unspecified atom stereocenters. The van der Waals surface area contributed by atoms with E-state index < -0.39 is 10.8 Å². The normalized spacial score (nSPS) is 15.2. The molecule has 1 aliphatic carbocycles. The molecule has 0 aliphatic heterocycles. The molecular formula is C29H39N7O3S. The Labute approximate surface area is 239 Å². The SMILES string of the molecule is C=C(N=C(C(NC(C=O)=NCc1ccc(S(C)=O)nc1)=C(C)C)N(C)[C@@H](C)CC)c1c(OC)ncnc1C1CC1. The van der Waals surface area contributed by atoms with E-state index in [4.69, 9.17) is 9.73 Å². The van der Waals surface area contributed by atoms with Crippen molar-refractivity contribution in [2.24, 2.45) is 9.98 Å². The molecule has 0 radical (unpaired) electrons. The zero-order valence-corrected chi connectivity index (χ0v) is 25.2. The summed E-state index contributed by atoms with van der Waals surface area (Å²) < 4.78 is 17.2. The van der Waals surface area contributed by atoms with Gasteiger partial charge in [0.05, 0.1) is 47.1 Å². The van der Waals surface area contributed by atoms with Gasteiger partial charge in [0.1, 0.15) is 11.4 Å². The van der Waals surface area contributed by atoms with Gasteiger partial charge in [-0.05, 0) is 57.2 Å². The van der Waals surface area contributed by atoms with Crippen molar-refractivity contribution in [3.63, 3.8) is 0 Å². The first kappa shape index (κ1) is 30.8. The van der Waals surface area contributed by atoms with Crippen molar-refractivity contribution in [1.29, 1.82) is 0 Å². The van der Waals surface area contributed by atoms with Gasteiger partial charge >= 0.3 is 0 Å². The Morgan fingerprint density at radius 3 is 2.55 bits per heavy atom. The molecule has 0 saturated heterocycles. The molecule has 2 heterocycles. The maximum absolute atomic E-state index is 12.1. The Balaban J connectivity index is 2.00. The van der Waals surface area contributed by atoms with Gasteiger partial charge in [0.25, 0.3) is 0 Å². The molecule has 0 aromatic carbocycles. The quantitative estimate of drug-likeness (QED) is 0.230. The van der Waals surface area contributed by atoms with E-state index in [9.17, 15) is 9.00 Å². The zero-order valence-electron chi connectivity index (χ0n) is 24.4. The van der Waals surface area contributed by atoms with Gasteiger partial charge in [-0.15, -0.1) is 0 Å². The van der Waals surface area contributed by atoms with Gasteiger partial charge < -0.3 is 15.0 Å². The molecule has 2 aromatic rings. The molecule has 1 aliphatic rings. The summed E-state index contributed by atoms with van der Waals surface area (Å²) in [5, 5.41) is 3.71. The van der Waals surface area contributed by atoms with E-state index >= 15 is 0 Å². The van der Waals surface area contributed by atoms with E-state index in [0.717, 1.165) is 36.1 Å². The molecule has 0 spiro atoms. The van der Waals surface area contributed by atoms with Crippen molar-refractivity contribution < 1.29 is 13.7 Å². The van der Waals surface area contributed by atoms with E-state index in [0.29, 0.717) is 45.9 Å². The van der Waals surface area contributed by atoms with Crippen LogP contribution in [0.2, 0.25) is 0 Å². The maximum atomic E-state index is 12.1. The van der Waals surface area contributed by atoms with Crippen molar-refractivity contribution in [1.82, 2.24) is 25.2 Å². The fourth-order valence-electron chi connectivity index (χ4n) is 3.94. The van der Waals surface area contributed by atoms with Crippen LogP contribution in [0.4, 0.5) is 0 Å². The number of rotatable bonds is 12. The Hall–Kier alpha value is -3.73. The number of aliphatic imine (C=N–C) groups is 2. The zero-order chi connectivity index (χ0) is 29.4. The summed E-state index contributed by atoms with van der Waals surface area (Å²) >= 11 is 0.